The predicted octanol–water partition coefficient (Wildman–Crippen LogP) is 2.13. The zero-order valence-corrected chi connectivity index (χ0v) is 7.96. The summed E-state index contributed by atoms with van der Waals surface area (Å²) >= 11 is 5.60. The largest absolute Gasteiger partial charge is 0.465 e. The minimum atomic E-state index is -0.293. The Morgan fingerprint density at radius 2 is 2.36 bits per heavy atom. The van der Waals surface area contributed by atoms with Crippen LogP contribution in [0.2, 0.25) is 0 Å². The van der Waals surface area contributed by atoms with E-state index in [9.17, 15) is 4.79 Å². The van der Waals surface area contributed by atoms with E-state index >= 15 is 0 Å². The first-order chi connectivity index (χ1) is 5.16. The van der Waals surface area contributed by atoms with Crippen LogP contribution < -0.4 is 0 Å². The third kappa shape index (κ3) is 1.57. The molecule has 0 fully saturated rings. The molecule has 60 valence electrons. The lowest BCUT2D eigenvalue weighted by Crippen LogP contribution is -2.00. The average Bonchev–Trinajstić information content (AvgIpc) is 2.32. The summed E-state index contributed by atoms with van der Waals surface area (Å²) in [6.07, 6.45) is 0. The summed E-state index contributed by atoms with van der Waals surface area (Å²) in [6.45, 7) is 1.85. The molecule has 0 saturated heterocycles. The van der Waals surface area contributed by atoms with Crippen LogP contribution in [0.3, 0.4) is 0 Å². The molecule has 0 N–H and O–H groups in total. The van der Waals surface area contributed by atoms with Gasteiger partial charge in [-0.2, -0.15) is 0 Å². The molecule has 1 aromatic rings. The molecule has 0 unspecified atom stereocenters. The lowest BCUT2D eigenvalue weighted by atomic mass is 10.2. The Labute approximate surface area is 74.6 Å². The quantitative estimate of drug-likeness (QED) is 0.540. The van der Waals surface area contributed by atoms with E-state index in [4.69, 9.17) is 0 Å². The summed E-state index contributed by atoms with van der Waals surface area (Å²) in [5.41, 5.74) is 1.51. The number of carbonyl (C=O) groups is 1. The van der Waals surface area contributed by atoms with Crippen molar-refractivity contribution in [2.45, 2.75) is 11.1 Å². The van der Waals surface area contributed by atoms with Crippen molar-refractivity contribution in [3.05, 3.63) is 16.5 Å². The molecule has 0 aliphatic heterocycles. The van der Waals surface area contributed by atoms with Crippen molar-refractivity contribution in [2.75, 3.05) is 7.11 Å². The number of hydrogen-bond donors (Lipinski definition) is 1. The molecule has 0 radical (unpaired) electrons. The van der Waals surface area contributed by atoms with Crippen molar-refractivity contribution in [2.24, 2.45) is 0 Å². The minimum absolute atomic E-state index is 0.293. The maximum Gasteiger partial charge on any atom is 0.339 e. The second-order valence-corrected chi connectivity index (χ2v) is 3.70. The fraction of sp³-hybridized carbons (Fsp3) is 0.286. The van der Waals surface area contributed by atoms with Crippen LogP contribution >= 0.6 is 24.0 Å². The third-order valence-electron chi connectivity index (χ3n) is 1.42. The van der Waals surface area contributed by atoms with Crippen LogP contribution in [0.15, 0.2) is 9.59 Å². The molecule has 0 atom stereocenters. The minimum Gasteiger partial charge on any atom is -0.465 e. The molecule has 2 nitrogen and oxygen atoms in total. The molecule has 1 heterocycles. The van der Waals surface area contributed by atoms with Gasteiger partial charge in [-0.05, 0) is 12.5 Å². The molecule has 1 rings (SSSR count). The number of ether oxygens (including phenoxy) is 1. The zero-order chi connectivity index (χ0) is 8.43. The monoisotopic (exact) mass is 188 g/mol. The predicted molar refractivity (Wildman–Crippen MR) is 47.6 cm³/mol. The van der Waals surface area contributed by atoms with Crippen molar-refractivity contribution in [1.82, 2.24) is 0 Å². The van der Waals surface area contributed by atoms with Gasteiger partial charge in [-0.1, -0.05) is 0 Å². The van der Waals surface area contributed by atoms with Crippen molar-refractivity contribution in [3.8, 4) is 0 Å². The number of carbonyl (C=O) groups excluding carboxylic acids is 1. The summed E-state index contributed by atoms with van der Waals surface area (Å²) in [6, 6.07) is 0. The lowest BCUT2D eigenvalue weighted by Gasteiger charge is -1.95. The van der Waals surface area contributed by atoms with Gasteiger partial charge in [0.2, 0.25) is 0 Å². The molecule has 0 amide bonds. The van der Waals surface area contributed by atoms with Crippen LogP contribution in [0.1, 0.15) is 15.9 Å². The fourth-order valence-corrected chi connectivity index (χ4v) is 1.79. The second kappa shape index (κ2) is 3.28. The van der Waals surface area contributed by atoms with Crippen molar-refractivity contribution < 1.29 is 9.53 Å². The molecular weight excluding hydrogens is 180 g/mol. The van der Waals surface area contributed by atoms with Crippen molar-refractivity contribution in [3.63, 3.8) is 0 Å². The number of hydrogen-bond acceptors (Lipinski definition) is 4. The van der Waals surface area contributed by atoms with E-state index in [0.717, 1.165) is 9.77 Å². The molecule has 0 spiro atoms. The first-order valence-corrected chi connectivity index (χ1v) is 4.35. The fourth-order valence-electron chi connectivity index (χ4n) is 0.718. The summed E-state index contributed by atoms with van der Waals surface area (Å²) in [5.74, 6) is -0.293. The topological polar surface area (TPSA) is 26.3 Å². The molecule has 0 bridgehead atoms. The lowest BCUT2D eigenvalue weighted by molar-refractivity contribution is 0.0600. The molecule has 0 aromatic carbocycles. The van der Waals surface area contributed by atoms with Crippen LogP contribution in [-0.4, -0.2) is 13.1 Å². The first-order valence-electron chi connectivity index (χ1n) is 3.02. The molecule has 0 aliphatic carbocycles. The maximum atomic E-state index is 11.0. The Kier molecular flexibility index (Phi) is 2.57. The highest BCUT2D eigenvalue weighted by atomic mass is 32.2. The van der Waals surface area contributed by atoms with Gasteiger partial charge < -0.3 is 4.74 Å². The maximum absolute atomic E-state index is 11.0. The highest BCUT2D eigenvalue weighted by molar-refractivity contribution is 7.82. The van der Waals surface area contributed by atoms with E-state index in [1.807, 2.05) is 6.92 Å². The standard InChI is InChI=1S/C7H8O2S2/c1-4-5(6(8)9-2)3-11-7(4)10/h3,10H,1-2H3. The molecule has 4 heteroatoms. The number of esters is 1. The second-order valence-electron chi connectivity index (χ2n) is 2.07. The molecular formula is C7H8O2S2. The van der Waals surface area contributed by atoms with Gasteiger partial charge in [0.05, 0.1) is 16.9 Å². The van der Waals surface area contributed by atoms with Crippen LogP contribution in [-0.2, 0) is 4.74 Å². The summed E-state index contributed by atoms with van der Waals surface area (Å²) in [4.78, 5) is 11.0. The highest BCUT2D eigenvalue weighted by Gasteiger charge is 2.12. The third-order valence-corrected chi connectivity index (χ3v) is 2.95. The van der Waals surface area contributed by atoms with E-state index in [2.05, 4.69) is 17.4 Å². The van der Waals surface area contributed by atoms with E-state index in [1.54, 1.807) is 5.38 Å². The number of methoxy groups -OCH3 is 1. The van der Waals surface area contributed by atoms with E-state index < -0.39 is 0 Å². The Morgan fingerprint density at radius 3 is 2.73 bits per heavy atom. The number of thiophene rings is 1. The molecule has 1 aromatic heterocycles. The van der Waals surface area contributed by atoms with Crippen LogP contribution in [0.25, 0.3) is 0 Å². The van der Waals surface area contributed by atoms with Crippen LogP contribution in [0.4, 0.5) is 0 Å². The van der Waals surface area contributed by atoms with Crippen molar-refractivity contribution >= 4 is 29.9 Å². The van der Waals surface area contributed by atoms with Gasteiger partial charge in [0.25, 0.3) is 0 Å². The van der Waals surface area contributed by atoms with E-state index in [-0.39, 0.29) is 5.97 Å². The van der Waals surface area contributed by atoms with Gasteiger partial charge in [0.1, 0.15) is 0 Å². The molecule has 11 heavy (non-hydrogen) atoms. The number of rotatable bonds is 1. The zero-order valence-electron chi connectivity index (χ0n) is 6.25. The Balaban J connectivity index is 3.04. The number of thiol groups is 1. The summed E-state index contributed by atoms with van der Waals surface area (Å²) in [7, 11) is 1.37. The average molecular weight is 188 g/mol. The smallest absolute Gasteiger partial charge is 0.339 e. The Morgan fingerprint density at radius 1 is 1.73 bits per heavy atom. The normalized spacial score (nSPS) is 9.73. The van der Waals surface area contributed by atoms with Crippen LogP contribution in [0, 0.1) is 6.92 Å². The van der Waals surface area contributed by atoms with Gasteiger partial charge >= 0.3 is 5.97 Å². The molecule has 0 saturated carbocycles. The van der Waals surface area contributed by atoms with Gasteiger partial charge in [-0.3, -0.25) is 0 Å². The first kappa shape index (κ1) is 8.62. The van der Waals surface area contributed by atoms with E-state index in [1.165, 1.54) is 18.4 Å². The highest BCUT2D eigenvalue weighted by Crippen LogP contribution is 2.25. The Hall–Kier alpha value is -0.480. The molecule has 0 aliphatic rings. The van der Waals surface area contributed by atoms with Gasteiger partial charge in [0, 0.05) is 5.38 Å². The van der Waals surface area contributed by atoms with Gasteiger partial charge in [0.15, 0.2) is 0 Å². The van der Waals surface area contributed by atoms with Gasteiger partial charge in [-0.15, -0.1) is 24.0 Å². The van der Waals surface area contributed by atoms with Gasteiger partial charge in [-0.25, -0.2) is 4.79 Å². The Bertz CT molecular complexity index is 278. The summed E-state index contributed by atoms with van der Waals surface area (Å²) < 4.78 is 5.43. The summed E-state index contributed by atoms with van der Waals surface area (Å²) in [5, 5.41) is 1.75. The SMILES string of the molecule is COC(=O)c1csc(S)c1C. The van der Waals surface area contributed by atoms with Crippen molar-refractivity contribution in [1.29, 1.82) is 0 Å². The van der Waals surface area contributed by atoms with Crippen LogP contribution in [0.5, 0.6) is 0 Å². The van der Waals surface area contributed by atoms with E-state index in [0.29, 0.717) is 5.56 Å².